The normalized spacial score (nSPS) is 15.0. The highest BCUT2D eigenvalue weighted by atomic mass is 16.5. The van der Waals surface area contributed by atoms with Crippen LogP contribution in [0.25, 0.3) is 0 Å². The molecule has 0 saturated carbocycles. The minimum atomic E-state index is -1.82. The van der Waals surface area contributed by atoms with Crippen molar-refractivity contribution in [2.75, 3.05) is 26.7 Å². The minimum Gasteiger partial charge on any atom is -0.497 e. The largest absolute Gasteiger partial charge is 0.497 e. The molecule has 1 aliphatic heterocycles. The molecule has 3 N–H and O–H groups in total. The number of hydrogen-bond acceptors (Lipinski definition) is 5. The van der Waals surface area contributed by atoms with Gasteiger partial charge in [0, 0.05) is 19.0 Å². The number of rotatable bonds is 7. The van der Waals surface area contributed by atoms with Gasteiger partial charge >= 0.3 is 11.9 Å². The lowest BCUT2D eigenvalue weighted by Crippen LogP contribution is -2.41. The first-order chi connectivity index (χ1) is 15.8. The Morgan fingerprint density at radius 2 is 1.58 bits per heavy atom. The third-order valence-corrected chi connectivity index (χ3v) is 5.67. The Hall–Kier alpha value is -3.39. The zero-order valence-electron chi connectivity index (χ0n) is 19.1. The van der Waals surface area contributed by atoms with Gasteiger partial charge in [-0.1, -0.05) is 49.4 Å². The number of aliphatic carboxylic acids is 2. The van der Waals surface area contributed by atoms with Crippen molar-refractivity contribution in [1.29, 1.82) is 0 Å². The summed E-state index contributed by atoms with van der Waals surface area (Å²) in [5, 5.41) is 17.9. The van der Waals surface area contributed by atoms with Gasteiger partial charge < -0.3 is 25.2 Å². The Morgan fingerprint density at radius 3 is 2.09 bits per heavy atom. The number of carbonyl (C=O) groups is 3. The molecule has 1 amide bonds. The van der Waals surface area contributed by atoms with Crippen molar-refractivity contribution in [1.82, 2.24) is 10.2 Å². The Balaban J connectivity index is 0.000000569. The number of ether oxygens (including phenoxy) is 1. The molecule has 0 aromatic heterocycles. The van der Waals surface area contributed by atoms with Crippen LogP contribution in [0, 0.1) is 5.92 Å². The van der Waals surface area contributed by atoms with E-state index in [-0.39, 0.29) is 11.8 Å². The number of nitrogens with zero attached hydrogens (tertiary/aromatic N) is 1. The van der Waals surface area contributed by atoms with E-state index in [1.807, 2.05) is 24.3 Å². The van der Waals surface area contributed by atoms with Crippen LogP contribution in [0.15, 0.2) is 54.6 Å². The predicted octanol–water partition coefficient (Wildman–Crippen LogP) is 2.98. The second-order valence-electron chi connectivity index (χ2n) is 8.06. The summed E-state index contributed by atoms with van der Waals surface area (Å²) < 4.78 is 5.16. The van der Waals surface area contributed by atoms with Gasteiger partial charge in [-0.25, -0.2) is 9.59 Å². The molecule has 8 heteroatoms. The van der Waals surface area contributed by atoms with Crippen molar-refractivity contribution in [2.24, 2.45) is 5.92 Å². The third kappa shape index (κ3) is 8.94. The number of nitrogens with one attached hydrogen (secondary N) is 1. The maximum atomic E-state index is 12.5. The molecule has 1 unspecified atom stereocenters. The number of benzene rings is 2. The number of amides is 1. The fraction of sp³-hybridized carbons (Fsp3) is 0.400. The highest BCUT2D eigenvalue weighted by molar-refractivity contribution is 6.27. The molecule has 1 saturated heterocycles. The van der Waals surface area contributed by atoms with E-state index in [2.05, 4.69) is 47.5 Å². The average Bonchev–Trinajstić information content (AvgIpc) is 2.84. The number of carboxylic acids is 2. The maximum absolute atomic E-state index is 12.5. The molecule has 1 heterocycles. The number of methoxy groups -OCH3 is 1. The topological polar surface area (TPSA) is 116 Å². The minimum absolute atomic E-state index is 0.131. The van der Waals surface area contributed by atoms with E-state index in [4.69, 9.17) is 24.5 Å². The van der Waals surface area contributed by atoms with Gasteiger partial charge in [-0.15, -0.1) is 0 Å². The molecule has 1 aliphatic rings. The van der Waals surface area contributed by atoms with Crippen LogP contribution in [-0.2, 0) is 20.9 Å². The van der Waals surface area contributed by atoms with Crippen molar-refractivity contribution < 1.29 is 29.3 Å². The predicted molar refractivity (Wildman–Crippen MR) is 124 cm³/mol. The number of carbonyl (C=O) groups excluding carboxylic acids is 1. The quantitative estimate of drug-likeness (QED) is 0.549. The Bertz CT molecular complexity index is 881. The monoisotopic (exact) mass is 456 g/mol. The molecule has 0 spiro atoms. The molecule has 0 aliphatic carbocycles. The summed E-state index contributed by atoms with van der Waals surface area (Å²) in [7, 11) is 1.66. The Morgan fingerprint density at radius 1 is 1.00 bits per heavy atom. The van der Waals surface area contributed by atoms with E-state index in [9.17, 15) is 4.79 Å². The first kappa shape index (κ1) is 25.9. The van der Waals surface area contributed by atoms with Crippen LogP contribution in [0.4, 0.5) is 0 Å². The van der Waals surface area contributed by atoms with Gasteiger partial charge in [-0.2, -0.15) is 0 Å². The standard InChI is InChI=1S/C23H30N2O2.C2H2O4/c1-18(20-6-4-3-5-7-20)17-25-14-12-21(13-15-25)23(26)24-16-19-8-10-22(27-2)11-9-19;3-1(4)2(5)6/h3-11,18,21H,12-17H2,1-2H3,(H,24,26);(H,3,4)(H,5,6). The van der Waals surface area contributed by atoms with Gasteiger partial charge in [-0.05, 0) is 55.1 Å². The van der Waals surface area contributed by atoms with E-state index in [1.165, 1.54) is 5.56 Å². The van der Waals surface area contributed by atoms with Crippen LogP contribution in [0.1, 0.15) is 36.8 Å². The molecule has 0 bridgehead atoms. The van der Waals surface area contributed by atoms with E-state index in [1.54, 1.807) is 7.11 Å². The fourth-order valence-electron chi connectivity index (χ4n) is 3.73. The lowest BCUT2D eigenvalue weighted by atomic mass is 9.94. The van der Waals surface area contributed by atoms with Gasteiger partial charge in [0.15, 0.2) is 0 Å². The summed E-state index contributed by atoms with van der Waals surface area (Å²) in [6.45, 7) is 5.91. The van der Waals surface area contributed by atoms with Crippen LogP contribution in [0.2, 0.25) is 0 Å². The second-order valence-corrected chi connectivity index (χ2v) is 8.06. The summed E-state index contributed by atoms with van der Waals surface area (Å²) in [6, 6.07) is 18.5. The van der Waals surface area contributed by atoms with Gasteiger partial charge in [0.05, 0.1) is 7.11 Å². The van der Waals surface area contributed by atoms with Gasteiger partial charge in [-0.3, -0.25) is 4.79 Å². The Kier molecular flexibility index (Phi) is 10.4. The zero-order chi connectivity index (χ0) is 24.2. The van der Waals surface area contributed by atoms with Crippen molar-refractivity contribution in [2.45, 2.75) is 32.2 Å². The van der Waals surface area contributed by atoms with E-state index < -0.39 is 11.9 Å². The number of carboxylic acid groups (broad SMARTS) is 2. The van der Waals surface area contributed by atoms with E-state index in [0.29, 0.717) is 12.5 Å². The molecule has 2 aromatic rings. The molecule has 2 aromatic carbocycles. The summed E-state index contributed by atoms with van der Waals surface area (Å²) in [5.74, 6) is -1.98. The smallest absolute Gasteiger partial charge is 0.414 e. The molecule has 3 rings (SSSR count). The average molecular weight is 457 g/mol. The van der Waals surface area contributed by atoms with Gasteiger partial charge in [0.25, 0.3) is 0 Å². The van der Waals surface area contributed by atoms with E-state index >= 15 is 0 Å². The highest BCUT2D eigenvalue weighted by Crippen LogP contribution is 2.22. The van der Waals surface area contributed by atoms with Crippen LogP contribution in [0.5, 0.6) is 5.75 Å². The van der Waals surface area contributed by atoms with Gasteiger partial charge in [0.2, 0.25) is 5.91 Å². The molecule has 1 fully saturated rings. The van der Waals surface area contributed by atoms with Crippen molar-refractivity contribution >= 4 is 17.8 Å². The molecule has 33 heavy (non-hydrogen) atoms. The summed E-state index contributed by atoms with van der Waals surface area (Å²) in [4.78, 5) is 33.2. The molecular weight excluding hydrogens is 424 g/mol. The van der Waals surface area contributed by atoms with Crippen molar-refractivity contribution in [3.63, 3.8) is 0 Å². The first-order valence-corrected chi connectivity index (χ1v) is 10.9. The summed E-state index contributed by atoms with van der Waals surface area (Å²) >= 11 is 0. The number of hydrogen-bond donors (Lipinski definition) is 3. The molecule has 8 nitrogen and oxygen atoms in total. The SMILES string of the molecule is COc1ccc(CNC(=O)C2CCN(CC(C)c3ccccc3)CC2)cc1.O=C(O)C(=O)O. The molecule has 1 atom stereocenters. The van der Waals surface area contributed by atoms with Gasteiger partial charge in [0.1, 0.15) is 5.75 Å². The maximum Gasteiger partial charge on any atom is 0.414 e. The molecule has 178 valence electrons. The fourth-order valence-corrected chi connectivity index (χ4v) is 3.73. The summed E-state index contributed by atoms with van der Waals surface area (Å²) in [6.07, 6.45) is 1.88. The van der Waals surface area contributed by atoms with Crippen LogP contribution >= 0.6 is 0 Å². The van der Waals surface area contributed by atoms with Crippen molar-refractivity contribution in [3.05, 3.63) is 65.7 Å². The van der Waals surface area contributed by atoms with Crippen LogP contribution in [-0.4, -0.2) is 59.7 Å². The third-order valence-electron chi connectivity index (χ3n) is 5.67. The first-order valence-electron chi connectivity index (χ1n) is 10.9. The number of likely N-dealkylation sites (tertiary alicyclic amines) is 1. The zero-order valence-corrected chi connectivity index (χ0v) is 19.1. The Labute approximate surface area is 194 Å². The van der Waals surface area contributed by atoms with Crippen LogP contribution < -0.4 is 10.1 Å². The van der Waals surface area contributed by atoms with Crippen LogP contribution in [0.3, 0.4) is 0 Å². The molecular formula is C25H32N2O6. The second kappa shape index (κ2) is 13.2. The molecule has 0 radical (unpaired) electrons. The number of piperidine rings is 1. The van der Waals surface area contributed by atoms with Crippen molar-refractivity contribution in [3.8, 4) is 5.75 Å². The lowest BCUT2D eigenvalue weighted by molar-refractivity contribution is -0.159. The lowest BCUT2D eigenvalue weighted by Gasteiger charge is -2.33. The summed E-state index contributed by atoms with van der Waals surface area (Å²) in [5.41, 5.74) is 2.48. The highest BCUT2D eigenvalue weighted by Gasteiger charge is 2.25. The van der Waals surface area contributed by atoms with E-state index in [0.717, 1.165) is 43.8 Å².